The summed E-state index contributed by atoms with van der Waals surface area (Å²) in [6.45, 7) is 5.51. The topological polar surface area (TPSA) is 87.0 Å². The average Bonchev–Trinajstić information content (AvgIpc) is 2.18. The normalized spacial score (nSPS) is 13.7. The van der Waals surface area contributed by atoms with E-state index in [2.05, 4.69) is 0 Å². The molecule has 0 aromatic carbocycles. The van der Waals surface area contributed by atoms with Gasteiger partial charge in [0.2, 0.25) is 0 Å². The number of unbranched alkanes of at least 4 members (excludes halogenated alkanes) is 1. The lowest BCUT2D eigenvalue weighted by atomic mass is 10.3. The maximum atomic E-state index is 10.2. The lowest BCUT2D eigenvalue weighted by Gasteiger charge is -2.06. The van der Waals surface area contributed by atoms with Gasteiger partial charge in [0.05, 0.1) is 12.7 Å². The van der Waals surface area contributed by atoms with Crippen molar-refractivity contribution in [3.8, 4) is 0 Å². The summed E-state index contributed by atoms with van der Waals surface area (Å²) in [5, 5.41) is 24.4. The summed E-state index contributed by atoms with van der Waals surface area (Å²) in [4.78, 5) is 10.2. The predicted octanol–water partition coefficient (Wildman–Crippen LogP) is 0.636. The van der Waals surface area contributed by atoms with Gasteiger partial charge in [-0.1, -0.05) is 13.3 Å². The Labute approximate surface area is 90.7 Å². The summed E-state index contributed by atoms with van der Waals surface area (Å²) >= 11 is 0. The maximum Gasteiger partial charge on any atom is 0.332 e. The number of hydrogen-bond donors (Lipinski definition) is 3. The van der Waals surface area contributed by atoms with Gasteiger partial charge in [-0.2, -0.15) is 0 Å². The van der Waals surface area contributed by atoms with Crippen LogP contribution in [0.3, 0.4) is 0 Å². The first-order chi connectivity index (χ1) is 6.95. The number of carboxylic acids is 1. The largest absolute Gasteiger partial charge is 0.479 e. The van der Waals surface area contributed by atoms with E-state index in [1.54, 1.807) is 0 Å². The van der Waals surface area contributed by atoms with Crippen molar-refractivity contribution in [2.45, 2.75) is 45.8 Å². The summed E-state index contributed by atoms with van der Waals surface area (Å²) < 4.78 is 4.94. The molecule has 0 radical (unpaired) electrons. The molecule has 0 amide bonds. The fourth-order valence-corrected chi connectivity index (χ4v) is 0.476. The van der Waals surface area contributed by atoms with E-state index in [1.807, 2.05) is 6.92 Å². The minimum absolute atomic E-state index is 0.139. The Hall–Kier alpha value is -0.650. The van der Waals surface area contributed by atoms with Crippen molar-refractivity contribution in [3.05, 3.63) is 0 Å². The van der Waals surface area contributed by atoms with Crippen LogP contribution in [0.1, 0.15) is 33.6 Å². The van der Waals surface area contributed by atoms with Crippen LogP contribution in [0.5, 0.6) is 0 Å². The van der Waals surface area contributed by atoms with Gasteiger partial charge in [0.25, 0.3) is 0 Å². The van der Waals surface area contributed by atoms with E-state index >= 15 is 0 Å². The number of hydrogen-bond acceptors (Lipinski definition) is 4. The zero-order chi connectivity index (χ0) is 12.3. The second-order valence-corrected chi connectivity index (χ2v) is 3.24. The van der Waals surface area contributed by atoms with E-state index in [4.69, 9.17) is 20.1 Å². The third-order valence-electron chi connectivity index (χ3n) is 1.48. The van der Waals surface area contributed by atoms with E-state index in [1.165, 1.54) is 13.8 Å². The first kappa shape index (κ1) is 16.8. The van der Waals surface area contributed by atoms with Crippen LogP contribution in [0.4, 0.5) is 0 Å². The second-order valence-electron chi connectivity index (χ2n) is 3.24. The Bertz CT molecular complexity index is 147. The highest BCUT2D eigenvalue weighted by molar-refractivity contribution is 5.71. The first-order valence-corrected chi connectivity index (χ1v) is 5.09. The monoisotopic (exact) mass is 222 g/mol. The highest BCUT2D eigenvalue weighted by atomic mass is 16.5. The Balaban J connectivity index is 0. The molecule has 0 aromatic heterocycles. The number of aliphatic hydroxyl groups is 2. The molecule has 15 heavy (non-hydrogen) atoms. The van der Waals surface area contributed by atoms with Gasteiger partial charge in [-0.25, -0.2) is 4.79 Å². The highest BCUT2D eigenvalue weighted by Gasteiger charge is 2.09. The number of aliphatic hydroxyl groups excluding tert-OH is 2. The summed E-state index contributed by atoms with van der Waals surface area (Å²) in [7, 11) is 0. The van der Waals surface area contributed by atoms with Gasteiger partial charge < -0.3 is 20.1 Å². The van der Waals surface area contributed by atoms with Crippen LogP contribution in [-0.2, 0) is 9.53 Å². The molecule has 0 aliphatic heterocycles. The van der Waals surface area contributed by atoms with Gasteiger partial charge >= 0.3 is 5.97 Å². The fourth-order valence-electron chi connectivity index (χ4n) is 0.476. The van der Waals surface area contributed by atoms with Gasteiger partial charge in [0.1, 0.15) is 0 Å². The standard InChI is InChI=1S/C7H14O3.C3H8O2/c1-3-4-5-10-6(2)7(8)9;1-3(5)2-4/h6H,3-5H2,1-2H3,(H,8,9);3-5H,2H2,1H3. The summed E-state index contributed by atoms with van der Waals surface area (Å²) in [6, 6.07) is 0. The third kappa shape index (κ3) is 16.1. The number of carboxylic acid groups (broad SMARTS) is 1. The molecular weight excluding hydrogens is 200 g/mol. The lowest BCUT2D eigenvalue weighted by molar-refractivity contribution is -0.149. The van der Waals surface area contributed by atoms with Crippen LogP contribution in [0.25, 0.3) is 0 Å². The van der Waals surface area contributed by atoms with Crippen LogP contribution in [0.2, 0.25) is 0 Å². The van der Waals surface area contributed by atoms with Gasteiger partial charge in [-0.15, -0.1) is 0 Å². The van der Waals surface area contributed by atoms with E-state index in [-0.39, 0.29) is 6.61 Å². The van der Waals surface area contributed by atoms with Crippen LogP contribution in [0, 0.1) is 0 Å². The van der Waals surface area contributed by atoms with Crippen LogP contribution < -0.4 is 0 Å². The quantitative estimate of drug-likeness (QED) is 0.574. The Morgan fingerprint density at radius 3 is 2.13 bits per heavy atom. The maximum absolute atomic E-state index is 10.2. The van der Waals surface area contributed by atoms with E-state index in [9.17, 15) is 4.79 Å². The first-order valence-electron chi connectivity index (χ1n) is 5.09. The molecule has 5 heteroatoms. The summed E-state index contributed by atoms with van der Waals surface area (Å²) in [5.41, 5.74) is 0. The molecule has 0 heterocycles. The van der Waals surface area contributed by atoms with Gasteiger partial charge in [-0.3, -0.25) is 0 Å². The van der Waals surface area contributed by atoms with Crippen molar-refractivity contribution in [2.24, 2.45) is 0 Å². The molecule has 0 bridgehead atoms. The number of rotatable bonds is 6. The molecule has 0 fully saturated rings. The average molecular weight is 222 g/mol. The Morgan fingerprint density at radius 2 is 1.87 bits per heavy atom. The van der Waals surface area contributed by atoms with Crippen LogP contribution in [-0.4, -0.2) is 46.7 Å². The molecule has 0 aliphatic carbocycles. The molecule has 2 unspecified atom stereocenters. The van der Waals surface area contributed by atoms with Gasteiger partial charge in [0, 0.05) is 6.61 Å². The fraction of sp³-hybridized carbons (Fsp3) is 0.900. The number of aliphatic carboxylic acids is 1. The summed E-state index contributed by atoms with van der Waals surface area (Å²) in [5.74, 6) is -0.892. The van der Waals surface area contributed by atoms with Gasteiger partial charge in [-0.05, 0) is 20.3 Å². The van der Waals surface area contributed by atoms with Crippen molar-refractivity contribution in [1.29, 1.82) is 0 Å². The molecular formula is C10H22O5. The highest BCUT2D eigenvalue weighted by Crippen LogP contribution is 1.94. The van der Waals surface area contributed by atoms with Crippen LogP contribution >= 0.6 is 0 Å². The molecule has 3 N–H and O–H groups in total. The van der Waals surface area contributed by atoms with Crippen molar-refractivity contribution >= 4 is 5.97 Å². The molecule has 0 saturated heterocycles. The predicted molar refractivity (Wildman–Crippen MR) is 56.7 cm³/mol. The molecule has 0 aromatic rings. The van der Waals surface area contributed by atoms with E-state index in [0.29, 0.717) is 6.61 Å². The van der Waals surface area contributed by atoms with Crippen molar-refractivity contribution in [3.63, 3.8) is 0 Å². The van der Waals surface area contributed by atoms with Crippen molar-refractivity contribution < 1.29 is 24.9 Å². The smallest absolute Gasteiger partial charge is 0.332 e. The Kier molecular flexibility index (Phi) is 12.8. The summed E-state index contributed by atoms with van der Waals surface area (Å²) in [6.07, 6.45) is 0.741. The second kappa shape index (κ2) is 11.4. The minimum Gasteiger partial charge on any atom is -0.479 e. The van der Waals surface area contributed by atoms with Crippen molar-refractivity contribution in [2.75, 3.05) is 13.2 Å². The molecule has 92 valence electrons. The zero-order valence-electron chi connectivity index (χ0n) is 9.64. The van der Waals surface area contributed by atoms with E-state index in [0.717, 1.165) is 12.8 Å². The number of carbonyl (C=O) groups is 1. The molecule has 2 atom stereocenters. The third-order valence-corrected chi connectivity index (χ3v) is 1.48. The van der Waals surface area contributed by atoms with Crippen LogP contribution in [0.15, 0.2) is 0 Å². The number of ether oxygens (including phenoxy) is 1. The van der Waals surface area contributed by atoms with Gasteiger partial charge in [0.15, 0.2) is 6.10 Å². The van der Waals surface area contributed by atoms with E-state index < -0.39 is 18.2 Å². The van der Waals surface area contributed by atoms with Crippen molar-refractivity contribution in [1.82, 2.24) is 0 Å². The molecule has 0 saturated carbocycles. The molecule has 0 spiro atoms. The minimum atomic E-state index is -0.892. The molecule has 0 rings (SSSR count). The molecule has 5 nitrogen and oxygen atoms in total. The zero-order valence-corrected chi connectivity index (χ0v) is 9.64. The SMILES string of the molecule is CC(O)CO.CCCCOC(C)C(=O)O. The lowest BCUT2D eigenvalue weighted by Crippen LogP contribution is -2.20. The Morgan fingerprint density at radius 1 is 1.40 bits per heavy atom. The molecule has 0 aliphatic rings.